The summed E-state index contributed by atoms with van der Waals surface area (Å²) in [4.78, 5) is 37.9. The molecule has 0 saturated heterocycles. The Morgan fingerprint density at radius 2 is 2.08 bits per heavy atom. The van der Waals surface area contributed by atoms with E-state index in [2.05, 4.69) is 15.6 Å². The molecule has 0 spiro atoms. The molecule has 8 heteroatoms. The Balaban J connectivity index is 1.69. The quantitative estimate of drug-likeness (QED) is 0.518. The number of carboxylic acids is 1. The number of hydrogen-bond donors (Lipinski definition) is 5. The number of aliphatic carboxylic acids is 1. The zero-order chi connectivity index (χ0) is 17.3. The number of nitrogens with two attached hydrogens (primary N) is 1. The van der Waals surface area contributed by atoms with Crippen molar-refractivity contribution in [3.05, 3.63) is 35.5 Å². The molecule has 1 aromatic carbocycles. The van der Waals surface area contributed by atoms with Gasteiger partial charge in [-0.1, -0.05) is 18.2 Å². The third-order valence-corrected chi connectivity index (χ3v) is 4.13. The summed E-state index contributed by atoms with van der Waals surface area (Å²) in [5.41, 5.74) is 8.53. The van der Waals surface area contributed by atoms with Crippen molar-refractivity contribution < 1.29 is 19.5 Å². The zero-order valence-electron chi connectivity index (χ0n) is 12.8. The minimum Gasteiger partial charge on any atom is -0.481 e. The van der Waals surface area contributed by atoms with Gasteiger partial charge >= 0.3 is 5.97 Å². The fourth-order valence-electron chi connectivity index (χ4n) is 2.91. The van der Waals surface area contributed by atoms with Gasteiger partial charge in [-0.05, 0) is 18.1 Å². The van der Waals surface area contributed by atoms with E-state index >= 15 is 0 Å². The molecule has 2 heterocycles. The van der Waals surface area contributed by atoms with Crippen LogP contribution in [-0.4, -0.2) is 40.0 Å². The van der Waals surface area contributed by atoms with E-state index in [0.717, 1.165) is 22.2 Å². The first-order valence-electron chi connectivity index (χ1n) is 7.59. The Morgan fingerprint density at radius 1 is 1.33 bits per heavy atom. The van der Waals surface area contributed by atoms with Crippen molar-refractivity contribution in [1.82, 2.24) is 15.6 Å². The number of carboxylic acid groups (broad SMARTS) is 1. The maximum absolute atomic E-state index is 12.3. The Bertz CT molecular complexity index is 814. The van der Waals surface area contributed by atoms with Gasteiger partial charge in [-0.25, -0.2) is 0 Å². The van der Waals surface area contributed by atoms with E-state index < -0.39 is 36.3 Å². The molecular formula is C16H18N4O4. The van der Waals surface area contributed by atoms with E-state index in [1.807, 2.05) is 24.3 Å². The lowest BCUT2D eigenvalue weighted by atomic mass is 9.98. The van der Waals surface area contributed by atoms with Crippen LogP contribution in [0.4, 0.5) is 0 Å². The number of para-hydroxylation sites is 1. The molecule has 3 rings (SSSR count). The molecule has 1 aliphatic heterocycles. The third kappa shape index (κ3) is 3.15. The molecule has 2 amide bonds. The molecule has 0 aliphatic carbocycles. The first-order valence-corrected chi connectivity index (χ1v) is 7.59. The molecule has 0 unspecified atom stereocenters. The lowest BCUT2D eigenvalue weighted by Crippen LogP contribution is -2.53. The molecule has 1 aliphatic rings. The molecule has 24 heavy (non-hydrogen) atoms. The standard InChI is InChI=1S/C16H18N4O4/c17-10(6-14(21)22)15(23)20-16(24)12-5-9-8-3-1-2-4-11(8)19-13(9)7-18-12/h1-4,10,12,18-19H,5-7,17H2,(H,21,22)(H,20,23,24)/t10-,12-/m0/s1. The Hall–Kier alpha value is -2.71. The van der Waals surface area contributed by atoms with Gasteiger partial charge in [-0.15, -0.1) is 0 Å². The highest BCUT2D eigenvalue weighted by Gasteiger charge is 2.29. The number of fused-ring (bicyclic) bond motifs is 3. The maximum atomic E-state index is 12.3. The Morgan fingerprint density at radius 3 is 2.83 bits per heavy atom. The number of rotatable bonds is 4. The topological polar surface area (TPSA) is 137 Å². The van der Waals surface area contributed by atoms with Gasteiger partial charge in [0.05, 0.1) is 18.5 Å². The summed E-state index contributed by atoms with van der Waals surface area (Å²) in [6.07, 6.45) is -0.0869. The van der Waals surface area contributed by atoms with E-state index in [1.165, 1.54) is 0 Å². The average molecular weight is 330 g/mol. The van der Waals surface area contributed by atoms with Crippen molar-refractivity contribution in [2.24, 2.45) is 5.73 Å². The van der Waals surface area contributed by atoms with Crippen LogP contribution < -0.4 is 16.4 Å². The van der Waals surface area contributed by atoms with E-state index in [9.17, 15) is 14.4 Å². The van der Waals surface area contributed by atoms with Crippen LogP contribution in [0, 0.1) is 0 Å². The molecule has 2 atom stereocenters. The molecular weight excluding hydrogens is 312 g/mol. The molecule has 8 nitrogen and oxygen atoms in total. The molecule has 0 bridgehead atoms. The smallest absolute Gasteiger partial charge is 0.305 e. The first kappa shape index (κ1) is 16.2. The average Bonchev–Trinajstić information content (AvgIpc) is 2.91. The highest BCUT2D eigenvalue weighted by molar-refractivity contribution is 6.01. The van der Waals surface area contributed by atoms with Gasteiger partial charge in [0.1, 0.15) is 0 Å². The minimum absolute atomic E-state index is 0.437. The van der Waals surface area contributed by atoms with Gasteiger partial charge in [0.2, 0.25) is 11.8 Å². The largest absolute Gasteiger partial charge is 0.481 e. The summed E-state index contributed by atoms with van der Waals surface area (Å²) >= 11 is 0. The van der Waals surface area contributed by atoms with Crippen molar-refractivity contribution in [2.75, 3.05) is 0 Å². The SMILES string of the molecule is N[C@@H](CC(=O)O)C(=O)NC(=O)[C@@H]1Cc2c([nH]c3ccccc23)CN1. The number of carbonyl (C=O) groups is 3. The van der Waals surface area contributed by atoms with Crippen molar-refractivity contribution in [3.63, 3.8) is 0 Å². The number of aromatic amines is 1. The van der Waals surface area contributed by atoms with Crippen LogP contribution in [0.3, 0.4) is 0 Å². The number of aromatic nitrogens is 1. The summed E-state index contributed by atoms with van der Waals surface area (Å²) in [5.74, 6) is -2.48. The molecule has 2 aromatic rings. The van der Waals surface area contributed by atoms with Crippen LogP contribution in [0.25, 0.3) is 10.9 Å². The zero-order valence-corrected chi connectivity index (χ0v) is 12.8. The summed E-state index contributed by atoms with van der Waals surface area (Å²) in [5, 5.41) is 15.0. The summed E-state index contributed by atoms with van der Waals surface area (Å²) < 4.78 is 0. The van der Waals surface area contributed by atoms with Crippen LogP contribution in [0.5, 0.6) is 0 Å². The van der Waals surface area contributed by atoms with Crippen molar-refractivity contribution in [3.8, 4) is 0 Å². The van der Waals surface area contributed by atoms with Crippen LogP contribution in [-0.2, 0) is 27.3 Å². The second-order valence-corrected chi connectivity index (χ2v) is 5.82. The number of benzene rings is 1. The van der Waals surface area contributed by atoms with Gasteiger partial charge in [0, 0.05) is 23.1 Å². The molecule has 126 valence electrons. The number of imide groups is 1. The summed E-state index contributed by atoms with van der Waals surface area (Å²) in [6.45, 7) is 0.484. The molecule has 0 saturated carbocycles. The predicted molar refractivity (Wildman–Crippen MR) is 86.0 cm³/mol. The molecule has 6 N–H and O–H groups in total. The molecule has 0 fully saturated rings. The fraction of sp³-hybridized carbons (Fsp3) is 0.312. The van der Waals surface area contributed by atoms with E-state index in [-0.39, 0.29) is 0 Å². The normalized spacial score (nSPS) is 18.0. The number of hydrogen-bond acceptors (Lipinski definition) is 5. The number of H-pyrrole nitrogens is 1. The molecule has 1 aromatic heterocycles. The van der Waals surface area contributed by atoms with Crippen LogP contribution >= 0.6 is 0 Å². The van der Waals surface area contributed by atoms with Crippen molar-refractivity contribution >= 4 is 28.7 Å². The maximum Gasteiger partial charge on any atom is 0.305 e. The Labute approximate surface area is 137 Å². The Kier molecular flexibility index (Phi) is 4.32. The summed E-state index contributed by atoms with van der Waals surface area (Å²) in [7, 11) is 0. The van der Waals surface area contributed by atoms with Crippen LogP contribution in [0.15, 0.2) is 24.3 Å². The fourth-order valence-corrected chi connectivity index (χ4v) is 2.91. The van der Waals surface area contributed by atoms with Crippen molar-refractivity contribution in [1.29, 1.82) is 0 Å². The minimum atomic E-state index is -1.25. The number of nitrogens with one attached hydrogen (secondary N) is 3. The second-order valence-electron chi connectivity index (χ2n) is 5.82. The van der Waals surface area contributed by atoms with Crippen LogP contribution in [0.2, 0.25) is 0 Å². The number of amides is 2. The lowest BCUT2D eigenvalue weighted by molar-refractivity contribution is -0.141. The first-order chi connectivity index (χ1) is 11.5. The van der Waals surface area contributed by atoms with Gasteiger partial charge in [0.15, 0.2) is 0 Å². The monoisotopic (exact) mass is 330 g/mol. The predicted octanol–water partition coefficient (Wildman–Crippen LogP) is -0.373. The van der Waals surface area contributed by atoms with Crippen molar-refractivity contribution in [2.45, 2.75) is 31.5 Å². The third-order valence-electron chi connectivity index (χ3n) is 4.13. The highest BCUT2D eigenvalue weighted by atomic mass is 16.4. The van der Waals surface area contributed by atoms with E-state index in [1.54, 1.807) is 0 Å². The highest BCUT2D eigenvalue weighted by Crippen LogP contribution is 2.26. The molecule has 0 radical (unpaired) electrons. The van der Waals surface area contributed by atoms with Gasteiger partial charge < -0.3 is 15.8 Å². The summed E-state index contributed by atoms with van der Waals surface area (Å²) in [6, 6.07) is 6.00. The van der Waals surface area contributed by atoms with Gasteiger partial charge in [0.25, 0.3) is 0 Å². The van der Waals surface area contributed by atoms with Gasteiger partial charge in [-0.2, -0.15) is 0 Å². The van der Waals surface area contributed by atoms with Gasteiger partial charge in [-0.3, -0.25) is 25.0 Å². The second kappa shape index (κ2) is 6.42. The van der Waals surface area contributed by atoms with E-state index in [0.29, 0.717) is 13.0 Å². The van der Waals surface area contributed by atoms with Crippen LogP contribution in [0.1, 0.15) is 17.7 Å². The lowest BCUT2D eigenvalue weighted by Gasteiger charge is -2.23. The van der Waals surface area contributed by atoms with E-state index in [4.69, 9.17) is 10.8 Å². The number of carbonyl (C=O) groups excluding carboxylic acids is 2.